The second-order valence-corrected chi connectivity index (χ2v) is 9.02. The van der Waals surface area contributed by atoms with Crippen LogP contribution in [0, 0.1) is 0 Å². The number of anilines is 2. The molecule has 2 N–H and O–H groups in total. The van der Waals surface area contributed by atoms with E-state index < -0.39 is 10.0 Å². The van der Waals surface area contributed by atoms with Crippen LogP contribution in [0.1, 0.15) is 0 Å². The van der Waals surface area contributed by atoms with Crippen molar-refractivity contribution in [2.45, 2.75) is 4.90 Å². The molecule has 0 radical (unpaired) electrons. The average Bonchev–Trinajstić information content (AvgIpc) is 3.14. The van der Waals surface area contributed by atoms with Crippen molar-refractivity contribution in [1.29, 1.82) is 0 Å². The molecule has 8 nitrogen and oxygen atoms in total. The molecule has 11 heteroatoms. The van der Waals surface area contributed by atoms with Crippen LogP contribution in [0.2, 0.25) is 0 Å². The summed E-state index contributed by atoms with van der Waals surface area (Å²) in [4.78, 5) is 23.9. The molecule has 0 saturated heterocycles. The van der Waals surface area contributed by atoms with Gasteiger partial charge in [0.25, 0.3) is 10.0 Å². The van der Waals surface area contributed by atoms with E-state index in [4.69, 9.17) is 0 Å². The van der Waals surface area contributed by atoms with Crippen molar-refractivity contribution < 1.29 is 13.2 Å². The second-order valence-electron chi connectivity index (χ2n) is 5.04. The molecular formula is C15H15N5O3S3. The number of thioether (sulfide) groups is 2. The Hall–Kier alpha value is -2.11. The monoisotopic (exact) mass is 409 g/mol. The number of carbonyl (C=O) groups is 1. The van der Waals surface area contributed by atoms with E-state index in [2.05, 4.69) is 25.0 Å². The molecule has 3 rings (SSSR count). The largest absolute Gasteiger partial charge is 0.325 e. The smallest absolute Gasteiger partial charge is 0.264 e. The Balaban J connectivity index is 1.58. The molecule has 0 unspecified atom stereocenters. The van der Waals surface area contributed by atoms with Crippen molar-refractivity contribution in [2.75, 3.05) is 28.1 Å². The standard InChI is InChI=1S/C15H15N5O3S3/c21-13(10-25-15-18-8-9-24-15)19-11-2-4-12(5-3-11)26(22,23)20-14-16-6-1-7-17-14/h1-7H,8-10H2,(H,19,21)(H,16,17,20). The van der Waals surface area contributed by atoms with Gasteiger partial charge in [0.05, 0.1) is 17.2 Å². The first-order valence-corrected chi connectivity index (χ1v) is 11.0. The molecule has 0 aliphatic carbocycles. The molecule has 136 valence electrons. The van der Waals surface area contributed by atoms with Gasteiger partial charge in [-0.3, -0.25) is 9.79 Å². The predicted octanol–water partition coefficient (Wildman–Crippen LogP) is 2.05. The molecular weight excluding hydrogens is 394 g/mol. The second kappa shape index (κ2) is 8.52. The summed E-state index contributed by atoms with van der Waals surface area (Å²) < 4.78 is 27.8. The Bertz CT molecular complexity index is 902. The van der Waals surface area contributed by atoms with Gasteiger partial charge in [-0.1, -0.05) is 23.5 Å². The van der Waals surface area contributed by atoms with Gasteiger partial charge in [0.2, 0.25) is 11.9 Å². The number of sulfonamides is 1. The van der Waals surface area contributed by atoms with Crippen LogP contribution in [0.25, 0.3) is 0 Å². The first kappa shape index (κ1) is 18.7. The lowest BCUT2D eigenvalue weighted by atomic mass is 10.3. The first-order valence-electron chi connectivity index (χ1n) is 7.53. The summed E-state index contributed by atoms with van der Waals surface area (Å²) in [6.07, 6.45) is 2.88. The summed E-state index contributed by atoms with van der Waals surface area (Å²) in [5.41, 5.74) is 0.520. The summed E-state index contributed by atoms with van der Waals surface area (Å²) in [6, 6.07) is 7.47. The molecule has 1 aliphatic heterocycles. The third kappa shape index (κ3) is 5.19. The van der Waals surface area contributed by atoms with E-state index in [0.717, 1.165) is 16.7 Å². The van der Waals surface area contributed by atoms with E-state index in [1.807, 2.05) is 0 Å². The van der Waals surface area contributed by atoms with Gasteiger partial charge in [-0.25, -0.2) is 23.1 Å². The molecule has 1 aromatic carbocycles. The summed E-state index contributed by atoms with van der Waals surface area (Å²) in [5.74, 6) is 1.05. The van der Waals surface area contributed by atoms with Gasteiger partial charge < -0.3 is 5.32 Å². The number of aliphatic imine (C=N–C) groups is 1. The zero-order valence-corrected chi connectivity index (χ0v) is 15.9. The van der Waals surface area contributed by atoms with Crippen molar-refractivity contribution in [2.24, 2.45) is 4.99 Å². The number of nitrogens with one attached hydrogen (secondary N) is 2. The molecule has 1 aromatic heterocycles. The topological polar surface area (TPSA) is 113 Å². The number of rotatable bonds is 6. The fourth-order valence-corrected chi connectivity index (χ4v) is 4.74. The van der Waals surface area contributed by atoms with E-state index in [0.29, 0.717) is 5.69 Å². The number of hydrogen-bond donors (Lipinski definition) is 2. The minimum absolute atomic E-state index is 0.00500. The molecule has 26 heavy (non-hydrogen) atoms. The van der Waals surface area contributed by atoms with Crippen LogP contribution >= 0.6 is 23.5 Å². The Labute approximate surface area is 159 Å². The van der Waals surface area contributed by atoms with Gasteiger partial charge in [0.15, 0.2) is 0 Å². The quantitative estimate of drug-likeness (QED) is 0.750. The van der Waals surface area contributed by atoms with E-state index in [9.17, 15) is 13.2 Å². The highest BCUT2D eigenvalue weighted by atomic mass is 32.2. The molecule has 0 atom stereocenters. The lowest BCUT2D eigenvalue weighted by Crippen LogP contribution is -2.16. The van der Waals surface area contributed by atoms with Crippen molar-refractivity contribution >= 4 is 55.5 Å². The van der Waals surface area contributed by atoms with Gasteiger partial charge in [-0.05, 0) is 30.3 Å². The maximum atomic E-state index is 12.3. The van der Waals surface area contributed by atoms with Crippen LogP contribution in [0.4, 0.5) is 11.6 Å². The van der Waals surface area contributed by atoms with Gasteiger partial charge in [0, 0.05) is 23.8 Å². The van der Waals surface area contributed by atoms with Crippen molar-refractivity contribution in [3.05, 3.63) is 42.7 Å². The van der Waals surface area contributed by atoms with E-state index in [1.165, 1.54) is 48.4 Å². The zero-order valence-electron chi connectivity index (χ0n) is 13.5. The fourth-order valence-electron chi connectivity index (χ4n) is 1.98. The number of nitrogens with zero attached hydrogens (tertiary/aromatic N) is 3. The highest BCUT2D eigenvalue weighted by Crippen LogP contribution is 2.22. The van der Waals surface area contributed by atoms with Crippen molar-refractivity contribution in [3.8, 4) is 0 Å². The van der Waals surface area contributed by atoms with Crippen LogP contribution in [-0.2, 0) is 14.8 Å². The summed E-state index contributed by atoms with van der Waals surface area (Å²) in [7, 11) is -3.79. The molecule has 0 fully saturated rings. The Morgan fingerprint density at radius 1 is 1.19 bits per heavy atom. The Kier molecular flexibility index (Phi) is 6.12. The molecule has 2 heterocycles. The average molecular weight is 410 g/mol. The van der Waals surface area contributed by atoms with Crippen LogP contribution in [0.5, 0.6) is 0 Å². The first-order chi connectivity index (χ1) is 12.5. The number of amides is 1. The van der Waals surface area contributed by atoms with E-state index in [1.54, 1.807) is 17.8 Å². The van der Waals surface area contributed by atoms with Crippen molar-refractivity contribution in [3.63, 3.8) is 0 Å². The number of hydrogen-bond acceptors (Lipinski definition) is 8. The van der Waals surface area contributed by atoms with Crippen LogP contribution in [0.3, 0.4) is 0 Å². The van der Waals surface area contributed by atoms with Crippen LogP contribution in [-0.4, -0.2) is 46.7 Å². The number of benzene rings is 1. The number of carbonyl (C=O) groups excluding carboxylic acids is 1. The van der Waals surface area contributed by atoms with Gasteiger partial charge in [0.1, 0.15) is 4.38 Å². The molecule has 1 amide bonds. The lowest BCUT2D eigenvalue weighted by molar-refractivity contribution is -0.113. The molecule has 0 bridgehead atoms. The number of aromatic nitrogens is 2. The maximum absolute atomic E-state index is 12.3. The summed E-state index contributed by atoms with van der Waals surface area (Å²) in [6.45, 7) is 0.798. The van der Waals surface area contributed by atoms with Gasteiger partial charge in [-0.15, -0.1) is 0 Å². The molecule has 0 saturated carbocycles. The minimum Gasteiger partial charge on any atom is -0.325 e. The third-order valence-corrected chi connectivity index (χ3v) is 6.72. The lowest BCUT2D eigenvalue weighted by Gasteiger charge is -2.08. The third-order valence-electron chi connectivity index (χ3n) is 3.12. The Morgan fingerprint density at radius 3 is 2.58 bits per heavy atom. The van der Waals surface area contributed by atoms with Gasteiger partial charge >= 0.3 is 0 Å². The zero-order chi connectivity index (χ0) is 18.4. The SMILES string of the molecule is O=C(CSC1=NCCS1)Nc1ccc(S(=O)(=O)Nc2ncccn2)cc1. The fraction of sp³-hybridized carbons (Fsp3) is 0.200. The highest BCUT2D eigenvalue weighted by Gasteiger charge is 2.16. The van der Waals surface area contributed by atoms with Crippen LogP contribution < -0.4 is 10.0 Å². The van der Waals surface area contributed by atoms with Crippen LogP contribution in [0.15, 0.2) is 52.6 Å². The van der Waals surface area contributed by atoms with Crippen molar-refractivity contribution in [1.82, 2.24) is 9.97 Å². The summed E-state index contributed by atoms with van der Waals surface area (Å²) in [5, 5.41) is 2.73. The van der Waals surface area contributed by atoms with E-state index in [-0.39, 0.29) is 22.5 Å². The molecule has 1 aliphatic rings. The minimum atomic E-state index is -3.79. The molecule has 0 spiro atoms. The normalized spacial score (nSPS) is 13.9. The maximum Gasteiger partial charge on any atom is 0.264 e. The molecule has 2 aromatic rings. The Morgan fingerprint density at radius 2 is 1.92 bits per heavy atom. The van der Waals surface area contributed by atoms with E-state index >= 15 is 0 Å². The predicted molar refractivity (Wildman–Crippen MR) is 105 cm³/mol. The van der Waals surface area contributed by atoms with Gasteiger partial charge in [-0.2, -0.15) is 0 Å². The summed E-state index contributed by atoms with van der Waals surface area (Å²) >= 11 is 3.05. The highest BCUT2D eigenvalue weighted by molar-refractivity contribution is 8.39.